The third-order valence-electron chi connectivity index (χ3n) is 5.20. The van der Waals surface area contributed by atoms with Crippen molar-refractivity contribution in [3.05, 3.63) is 65.7 Å². The van der Waals surface area contributed by atoms with Crippen LogP contribution >= 0.6 is 0 Å². The summed E-state index contributed by atoms with van der Waals surface area (Å²) >= 11 is 0. The van der Waals surface area contributed by atoms with Gasteiger partial charge in [-0.2, -0.15) is 18.2 Å². The van der Waals surface area contributed by atoms with Crippen LogP contribution in [0, 0.1) is 0 Å². The van der Waals surface area contributed by atoms with Crippen LogP contribution in [-0.2, 0) is 20.5 Å². The minimum Gasteiger partial charge on any atom is -0.459 e. The van der Waals surface area contributed by atoms with E-state index >= 15 is 0 Å². The summed E-state index contributed by atoms with van der Waals surface area (Å²) in [4.78, 5) is 28.0. The van der Waals surface area contributed by atoms with Gasteiger partial charge in [-0.25, -0.2) is 0 Å². The average molecular weight is 544 g/mol. The van der Waals surface area contributed by atoms with Gasteiger partial charge in [-0.05, 0) is 26.3 Å². The van der Waals surface area contributed by atoms with Crippen molar-refractivity contribution in [3.63, 3.8) is 0 Å². The lowest BCUT2D eigenvalue weighted by atomic mass is 10.1. The molecular formula is C26H23F3N4O6. The molecule has 0 aliphatic heterocycles. The summed E-state index contributed by atoms with van der Waals surface area (Å²) in [6, 6.07) is 13.4. The number of alkyl halides is 3. The van der Waals surface area contributed by atoms with Crippen molar-refractivity contribution in [1.29, 1.82) is 0 Å². The molecule has 4 aromatic rings. The van der Waals surface area contributed by atoms with E-state index in [2.05, 4.69) is 20.6 Å². The summed E-state index contributed by atoms with van der Waals surface area (Å²) in [6.45, 7) is 4.61. The van der Waals surface area contributed by atoms with Gasteiger partial charge in [-0.1, -0.05) is 64.9 Å². The van der Waals surface area contributed by atoms with Gasteiger partial charge in [0.2, 0.25) is 11.6 Å². The molecule has 1 amide bonds. The molecule has 0 saturated carbocycles. The molecule has 0 aliphatic rings. The number of hydrogen-bond acceptors (Lipinski definition) is 9. The first-order valence-electron chi connectivity index (χ1n) is 11.6. The molecule has 0 unspecified atom stereocenters. The van der Waals surface area contributed by atoms with E-state index < -0.39 is 59.2 Å². The number of hydrogen-bond donors (Lipinski definition) is 2. The second-order valence-electron chi connectivity index (χ2n) is 9.35. The number of carbonyl (C=O) groups is 2. The van der Waals surface area contributed by atoms with E-state index in [1.807, 2.05) is 0 Å². The fraction of sp³-hybridized carbons (Fsp3) is 0.269. The maximum Gasteiger partial charge on any atom is 0.422 e. The molecule has 13 heteroatoms. The quantitative estimate of drug-likeness (QED) is 0.320. The molecular weight excluding hydrogens is 521 g/mol. The molecule has 4 rings (SSSR count). The number of aromatic nitrogens is 3. The lowest BCUT2D eigenvalue weighted by molar-refractivity contribution is -0.155. The lowest BCUT2D eigenvalue weighted by Gasteiger charge is -2.20. The Hall–Kier alpha value is -4.52. The molecule has 0 aliphatic carbocycles. The molecule has 1 atom stereocenters. The van der Waals surface area contributed by atoms with Crippen LogP contribution in [0.3, 0.4) is 0 Å². The molecule has 0 fully saturated rings. The van der Waals surface area contributed by atoms with Gasteiger partial charge in [-0.3, -0.25) is 9.59 Å². The van der Waals surface area contributed by atoms with Crippen molar-refractivity contribution in [2.75, 3.05) is 6.54 Å². The highest BCUT2D eigenvalue weighted by molar-refractivity contribution is 5.86. The van der Waals surface area contributed by atoms with Crippen LogP contribution in [0.4, 0.5) is 13.2 Å². The smallest absolute Gasteiger partial charge is 0.422 e. The second-order valence-corrected chi connectivity index (χ2v) is 9.35. The van der Waals surface area contributed by atoms with Gasteiger partial charge in [0.25, 0.3) is 11.8 Å². The fourth-order valence-electron chi connectivity index (χ4n) is 3.52. The molecule has 0 bridgehead atoms. The van der Waals surface area contributed by atoms with Crippen molar-refractivity contribution in [3.8, 4) is 34.3 Å². The van der Waals surface area contributed by atoms with Crippen LogP contribution in [0.2, 0.25) is 0 Å². The summed E-state index contributed by atoms with van der Waals surface area (Å²) in [6.07, 6.45) is -6.42. The monoisotopic (exact) mass is 544 g/mol. The summed E-state index contributed by atoms with van der Waals surface area (Å²) < 4.78 is 56.9. The number of esters is 1. The SMILES string of the molecule is CC(C)(C)OC(=O)CNC(=O)[C@H](O)c1ccc(-c2noc(-c3onc(-c4ccccc4)c3C(F)(F)F)n2)cc1. The summed E-state index contributed by atoms with van der Waals surface area (Å²) in [5, 5.41) is 19.9. The van der Waals surface area contributed by atoms with E-state index in [-0.39, 0.29) is 17.0 Å². The molecule has 0 radical (unpaired) electrons. The van der Waals surface area contributed by atoms with Gasteiger partial charge >= 0.3 is 12.1 Å². The van der Waals surface area contributed by atoms with E-state index in [4.69, 9.17) is 13.8 Å². The highest BCUT2D eigenvalue weighted by Gasteiger charge is 2.43. The van der Waals surface area contributed by atoms with Crippen molar-refractivity contribution in [2.45, 2.75) is 38.7 Å². The van der Waals surface area contributed by atoms with Gasteiger partial charge in [0.1, 0.15) is 23.4 Å². The minimum absolute atomic E-state index is 0.0637. The Morgan fingerprint density at radius 2 is 1.64 bits per heavy atom. The number of aliphatic hydroxyl groups excluding tert-OH is 1. The first-order valence-corrected chi connectivity index (χ1v) is 11.6. The van der Waals surface area contributed by atoms with Crippen LogP contribution in [0.25, 0.3) is 34.3 Å². The van der Waals surface area contributed by atoms with E-state index in [9.17, 15) is 27.9 Å². The number of amides is 1. The third-order valence-corrected chi connectivity index (χ3v) is 5.20. The Kier molecular flexibility index (Phi) is 7.54. The summed E-state index contributed by atoms with van der Waals surface area (Å²) in [5.74, 6) is -2.81. The molecule has 10 nitrogen and oxygen atoms in total. The van der Waals surface area contributed by atoms with E-state index in [0.717, 1.165) is 0 Å². The number of aliphatic hydroxyl groups is 1. The largest absolute Gasteiger partial charge is 0.459 e. The third kappa shape index (κ3) is 6.49. The topological polar surface area (TPSA) is 141 Å². The van der Waals surface area contributed by atoms with Gasteiger partial charge < -0.3 is 24.2 Å². The number of nitrogens with one attached hydrogen (secondary N) is 1. The normalized spacial score (nSPS) is 12.7. The zero-order valence-electron chi connectivity index (χ0n) is 20.9. The Labute approximate surface area is 219 Å². The van der Waals surface area contributed by atoms with Crippen molar-refractivity contribution >= 4 is 11.9 Å². The standard InChI is InChI=1S/C26H23F3N4O6/c1-25(2,3)37-17(34)13-30-23(36)20(35)15-9-11-16(12-10-15)22-31-24(39-33-22)21-18(26(27,28)29)19(32-38-21)14-7-5-4-6-8-14/h4-12,20,35H,13H2,1-3H3,(H,30,36)/t20-/m1/s1. The molecule has 2 heterocycles. The number of halogens is 3. The zero-order valence-corrected chi connectivity index (χ0v) is 20.9. The first kappa shape index (κ1) is 27.5. The first-order chi connectivity index (χ1) is 18.3. The number of nitrogens with zero attached hydrogens (tertiary/aromatic N) is 3. The molecule has 39 heavy (non-hydrogen) atoms. The molecule has 0 saturated heterocycles. The highest BCUT2D eigenvalue weighted by atomic mass is 19.4. The molecule has 2 aromatic heterocycles. The fourth-order valence-corrected chi connectivity index (χ4v) is 3.52. The van der Waals surface area contributed by atoms with E-state index in [1.165, 1.54) is 36.4 Å². The zero-order chi connectivity index (χ0) is 28.4. The lowest BCUT2D eigenvalue weighted by Crippen LogP contribution is -2.37. The van der Waals surface area contributed by atoms with E-state index in [0.29, 0.717) is 5.56 Å². The van der Waals surface area contributed by atoms with Crippen molar-refractivity contribution in [1.82, 2.24) is 20.6 Å². The van der Waals surface area contributed by atoms with Gasteiger partial charge in [0.05, 0.1) is 0 Å². The Balaban J connectivity index is 1.50. The summed E-state index contributed by atoms with van der Waals surface area (Å²) in [7, 11) is 0. The van der Waals surface area contributed by atoms with Crippen LogP contribution in [-0.4, -0.2) is 44.4 Å². The molecule has 2 N–H and O–H groups in total. The average Bonchev–Trinajstić information content (AvgIpc) is 3.54. The summed E-state index contributed by atoms with van der Waals surface area (Å²) in [5.41, 5.74) is -1.58. The Bertz CT molecular complexity index is 1460. The highest BCUT2D eigenvalue weighted by Crippen LogP contribution is 2.43. The van der Waals surface area contributed by atoms with E-state index in [1.54, 1.807) is 39.0 Å². The second kappa shape index (κ2) is 10.7. The van der Waals surface area contributed by atoms with Crippen molar-refractivity contribution < 1.29 is 41.6 Å². The van der Waals surface area contributed by atoms with Crippen LogP contribution in [0.1, 0.15) is 38.0 Å². The maximum atomic E-state index is 13.9. The number of benzene rings is 2. The van der Waals surface area contributed by atoms with Crippen molar-refractivity contribution in [2.24, 2.45) is 0 Å². The van der Waals surface area contributed by atoms with Crippen LogP contribution in [0.15, 0.2) is 63.6 Å². The molecule has 2 aromatic carbocycles. The number of ether oxygens (including phenoxy) is 1. The van der Waals surface area contributed by atoms with Gasteiger partial charge in [0.15, 0.2) is 6.10 Å². The molecule has 0 spiro atoms. The Morgan fingerprint density at radius 1 is 0.974 bits per heavy atom. The van der Waals surface area contributed by atoms with Crippen LogP contribution in [0.5, 0.6) is 0 Å². The van der Waals surface area contributed by atoms with Gasteiger partial charge in [-0.15, -0.1) is 0 Å². The maximum absolute atomic E-state index is 13.9. The molecule has 204 valence electrons. The minimum atomic E-state index is -4.82. The predicted octanol–water partition coefficient (Wildman–Crippen LogP) is 4.57. The Morgan fingerprint density at radius 3 is 2.26 bits per heavy atom. The van der Waals surface area contributed by atoms with Crippen LogP contribution < -0.4 is 5.32 Å². The number of rotatable bonds is 7. The van der Waals surface area contributed by atoms with Gasteiger partial charge in [0, 0.05) is 11.1 Å². The number of carbonyl (C=O) groups excluding carboxylic acids is 2. The predicted molar refractivity (Wildman–Crippen MR) is 129 cm³/mol.